The van der Waals surface area contributed by atoms with E-state index in [1.54, 1.807) is 17.8 Å². The number of aromatic nitrogens is 2. The van der Waals surface area contributed by atoms with Gasteiger partial charge in [0.1, 0.15) is 5.82 Å². The topological polar surface area (TPSA) is 71.8 Å². The van der Waals surface area contributed by atoms with Gasteiger partial charge in [-0.15, -0.1) is 0 Å². The number of para-hydroxylation sites is 1. The van der Waals surface area contributed by atoms with E-state index in [-0.39, 0.29) is 5.56 Å². The Labute approximate surface area is 110 Å². The third-order valence-electron chi connectivity index (χ3n) is 2.71. The molecule has 18 heavy (non-hydrogen) atoms. The van der Waals surface area contributed by atoms with Gasteiger partial charge in [-0.05, 0) is 30.3 Å². The van der Waals surface area contributed by atoms with Crippen LogP contribution >= 0.6 is 11.8 Å². The molecule has 3 N–H and O–H groups in total. The third-order valence-corrected chi connectivity index (χ3v) is 3.99. The fourth-order valence-electron chi connectivity index (χ4n) is 1.63. The molecule has 2 rings (SSSR count). The van der Waals surface area contributed by atoms with Crippen LogP contribution in [0.25, 0.3) is 10.9 Å². The van der Waals surface area contributed by atoms with Crippen LogP contribution in [-0.2, 0) is 5.75 Å². The molecule has 4 nitrogen and oxygen atoms in total. The first kappa shape index (κ1) is 13.1. The Kier molecular flexibility index (Phi) is 4.38. The van der Waals surface area contributed by atoms with Gasteiger partial charge in [0.15, 0.2) is 0 Å². The average molecular weight is 263 g/mol. The Hall–Kier alpha value is -1.33. The second-order valence-corrected chi connectivity index (χ2v) is 5.42. The summed E-state index contributed by atoms with van der Waals surface area (Å²) in [7, 11) is 0. The quantitative estimate of drug-likeness (QED) is 0.862. The van der Waals surface area contributed by atoms with E-state index in [0.717, 1.165) is 17.1 Å². The first-order valence-electron chi connectivity index (χ1n) is 5.96. The lowest BCUT2D eigenvalue weighted by molar-refractivity contribution is 0.675. The van der Waals surface area contributed by atoms with E-state index in [1.165, 1.54) is 0 Å². The highest BCUT2D eigenvalue weighted by Gasteiger charge is 2.04. The van der Waals surface area contributed by atoms with Gasteiger partial charge in [-0.25, -0.2) is 4.98 Å². The Morgan fingerprint density at radius 1 is 1.44 bits per heavy atom. The molecule has 1 atom stereocenters. The lowest BCUT2D eigenvalue weighted by atomic mass is 10.2. The van der Waals surface area contributed by atoms with Gasteiger partial charge in [-0.3, -0.25) is 4.79 Å². The zero-order valence-corrected chi connectivity index (χ0v) is 11.2. The van der Waals surface area contributed by atoms with Gasteiger partial charge < -0.3 is 10.7 Å². The normalized spacial score (nSPS) is 12.8. The molecule has 1 aromatic carbocycles. The molecule has 0 saturated carbocycles. The number of nitrogens with zero attached hydrogens (tertiary/aromatic N) is 1. The maximum Gasteiger partial charge on any atom is 0.258 e. The Balaban J connectivity index is 2.12. The maximum atomic E-state index is 11.8. The number of H-pyrrole nitrogens is 1. The second kappa shape index (κ2) is 6.02. The number of hydrogen-bond acceptors (Lipinski definition) is 4. The number of rotatable bonds is 5. The number of aromatic amines is 1. The van der Waals surface area contributed by atoms with Crippen molar-refractivity contribution in [3.8, 4) is 0 Å². The molecule has 1 aromatic heterocycles. The fourth-order valence-corrected chi connectivity index (χ4v) is 2.61. The summed E-state index contributed by atoms with van der Waals surface area (Å²) in [5, 5.41) is 0.640. The van der Waals surface area contributed by atoms with Gasteiger partial charge in [0.2, 0.25) is 0 Å². The van der Waals surface area contributed by atoms with Crippen LogP contribution in [0.4, 0.5) is 0 Å². The summed E-state index contributed by atoms with van der Waals surface area (Å²) < 4.78 is 0. The molecule has 0 aliphatic carbocycles. The van der Waals surface area contributed by atoms with Gasteiger partial charge in [-0.1, -0.05) is 19.1 Å². The predicted octanol–water partition coefficient (Wildman–Crippen LogP) is 1.75. The largest absolute Gasteiger partial charge is 0.330 e. The van der Waals surface area contributed by atoms with E-state index in [0.29, 0.717) is 23.6 Å². The molecule has 0 aliphatic heterocycles. The van der Waals surface area contributed by atoms with Crippen LogP contribution in [0.3, 0.4) is 0 Å². The molecule has 0 aliphatic rings. The van der Waals surface area contributed by atoms with Crippen molar-refractivity contribution in [1.82, 2.24) is 9.97 Å². The molecule has 0 bridgehead atoms. The molecule has 0 radical (unpaired) electrons. The number of nitrogens with one attached hydrogen (secondary N) is 1. The standard InChI is InChI=1S/C13H17N3OS/c1-9(6-14)7-18-8-12-15-11-5-3-2-4-10(11)13(17)16-12/h2-5,9H,6-8,14H2,1H3,(H,15,16,17). The van der Waals surface area contributed by atoms with Crippen molar-refractivity contribution in [3.63, 3.8) is 0 Å². The highest BCUT2D eigenvalue weighted by molar-refractivity contribution is 7.98. The molecule has 0 saturated heterocycles. The van der Waals surface area contributed by atoms with Crippen LogP contribution in [0.1, 0.15) is 12.7 Å². The van der Waals surface area contributed by atoms with Crippen molar-refractivity contribution in [2.24, 2.45) is 11.7 Å². The monoisotopic (exact) mass is 263 g/mol. The van der Waals surface area contributed by atoms with Crippen molar-refractivity contribution in [1.29, 1.82) is 0 Å². The van der Waals surface area contributed by atoms with E-state index in [9.17, 15) is 4.79 Å². The minimum atomic E-state index is -0.0666. The maximum absolute atomic E-state index is 11.8. The minimum Gasteiger partial charge on any atom is -0.330 e. The lowest BCUT2D eigenvalue weighted by Gasteiger charge is -2.07. The van der Waals surface area contributed by atoms with Gasteiger partial charge in [0.05, 0.1) is 16.7 Å². The van der Waals surface area contributed by atoms with Gasteiger partial charge in [0.25, 0.3) is 5.56 Å². The van der Waals surface area contributed by atoms with Gasteiger partial charge in [0, 0.05) is 0 Å². The molecule has 0 spiro atoms. The van der Waals surface area contributed by atoms with Crippen LogP contribution in [0.15, 0.2) is 29.1 Å². The van der Waals surface area contributed by atoms with Crippen molar-refractivity contribution < 1.29 is 0 Å². The molecule has 5 heteroatoms. The Morgan fingerprint density at radius 3 is 3.00 bits per heavy atom. The SMILES string of the molecule is CC(CN)CSCc1nc2ccccc2c(=O)[nH]1. The minimum absolute atomic E-state index is 0.0666. The van der Waals surface area contributed by atoms with E-state index >= 15 is 0 Å². The number of nitrogens with two attached hydrogens (primary N) is 1. The van der Waals surface area contributed by atoms with E-state index < -0.39 is 0 Å². The van der Waals surface area contributed by atoms with Crippen LogP contribution < -0.4 is 11.3 Å². The van der Waals surface area contributed by atoms with Crippen LogP contribution in [0.5, 0.6) is 0 Å². The molecular weight excluding hydrogens is 246 g/mol. The molecule has 2 aromatic rings. The molecular formula is C13H17N3OS. The zero-order chi connectivity index (χ0) is 13.0. The van der Waals surface area contributed by atoms with Crippen molar-refractivity contribution in [2.75, 3.05) is 12.3 Å². The zero-order valence-electron chi connectivity index (χ0n) is 10.3. The van der Waals surface area contributed by atoms with Gasteiger partial charge in [-0.2, -0.15) is 11.8 Å². The van der Waals surface area contributed by atoms with E-state index in [2.05, 4.69) is 16.9 Å². The number of thioether (sulfide) groups is 1. The summed E-state index contributed by atoms with van der Waals surface area (Å²) in [6.45, 7) is 2.80. The van der Waals surface area contributed by atoms with Crippen LogP contribution in [0, 0.1) is 5.92 Å². The van der Waals surface area contributed by atoms with Crippen molar-refractivity contribution in [2.45, 2.75) is 12.7 Å². The van der Waals surface area contributed by atoms with E-state index in [1.807, 2.05) is 18.2 Å². The van der Waals surface area contributed by atoms with Crippen molar-refractivity contribution in [3.05, 3.63) is 40.4 Å². The summed E-state index contributed by atoms with van der Waals surface area (Å²) in [4.78, 5) is 19.1. The number of hydrogen-bond donors (Lipinski definition) is 2. The molecule has 0 amide bonds. The van der Waals surface area contributed by atoms with Crippen molar-refractivity contribution >= 4 is 22.7 Å². The van der Waals surface area contributed by atoms with Gasteiger partial charge >= 0.3 is 0 Å². The van der Waals surface area contributed by atoms with Crippen LogP contribution in [-0.4, -0.2) is 22.3 Å². The lowest BCUT2D eigenvalue weighted by Crippen LogP contribution is -2.14. The highest BCUT2D eigenvalue weighted by atomic mass is 32.2. The third kappa shape index (κ3) is 3.11. The van der Waals surface area contributed by atoms with E-state index in [4.69, 9.17) is 5.73 Å². The summed E-state index contributed by atoms with van der Waals surface area (Å²) >= 11 is 1.74. The molecule has 0 fully saturated rings. The number of benzene rings is 1. The fraction of sp³-hybridized carbons (Fsp3) is 0.385. The average Bonchev–Trinajstić information content (AvgIpc) is 2.38. The Morgan fingerprint density at radius 2 is 2.22 bits per heavy atom. The summed E-state index contributed by atoms with van der Waals surface area (Å²) in [5.41, 5.74) is 6.25. The first-order chi connectivity index (χ1) is 8.70. The molecule has 1 heterocycles. The molecule has 96 valence electrons. The Bertz CT molecular complexity index is 582. The summed E-state index contributed by atoms with van der Waals surface area (Å²) in [6.07, 6.45) is 0. The first-order valence-corrected chi connectivity index (χ1v) is 7.12. The summed E-state index contributed by atoms with van der Waals surface area (Å²) in [6, 6.07) is 7.38. The smallest absolute Gasteiger partial charge is 0.258 e. The number of fused-ring (bicyclic) bond motifs is 1. The summed E-state index contributed by atoms with van der Waals surface area (Å²) in [5.74, 6) is 2.91. The second-order valence-electron chi connectivity index (χ2n) is 4.39. The highest BCUT2D eigenvalue weighted by Crippen LogP contribution is 2.13. The van der Waals surface area contributed by atoms with Crippen LogP contribution in [0.2, 0.25) is 0 Å². The molecule has 1 unspecified atom stereocenters. The predicted molar refractivity (Wildman–Crippen MR) is 76.7 cm³/mol.